The predicted molar refractivity (Wildman–Crippen MR) is 76.7 cm³/mol. The molecule has 1 atom stereocenters. The van der Waals surface area contributed by atoms with Gasteiger partial charge < -0.3 is 5.32 Å². The Labute approximate surface area is 111 Å². The van der Waals surface area contributed by atoms with Crippen LogP contribution in [0.15, 0.2) is 18.2 Å². The molecule has 1 nitrogen and oxygen atoms in total. The molecule has 98 valence electrons. The van der Waals surface area contributed by atoms with Gasteiger partial charge in [-0.05, 0) is 74.5 Å². The van der Waals surface area contributed by atoms with Crippen molar-refractivity contribution in [2.24, 2.45) is 11.3 Å². The molecule has 0 aliphatic heterocycles. The minimum atomic E-state index is 0.487. The lowest BCUT2D eigenvalue weighted by Gasteiger charge is -2.20. The molecule has 0 bridgehead atoms. The van der Waals surface area contributed by atoms with Crippen LogP contribution in [-0.2, 0) is 0 Å². The first-order chi connectivity index (χ1) is 8.61. The molecule has 1 heteroatoms. The van der Waals surface area contributed by atoms with Gasteiger partial charge in [-0.25, -0.2) is 0 Å². The van der Waals surface area contributed by atoms with E-state index in [4.69, 9.17) is 0 Å². The Morgan fingerprint density at radius 3 is 2.50 bits per heavy atom. The number of nitrogens with one attached hydrogen (secondary N) is 1. The quantitative estimate of drug-likeness (QED) is 0.819. The third-order valence-electron chi connectivity index (χ3n) is 5.13. The van der Waals surface area contributed by atoms with Crippen molar-refractivity contribution in [3.8, 4) is 0 Å². The fourth-order valence-corrected chi connectivity index (χ4v) is 3.09. The molecule has 0 heterocycles. The maximum absolute atomic E-state index is 3.77. The highest BCUT2D eigenvalue weighted by Gasteiger charge is 2.53. The van der Waals surface area contributed by atoms with Crippen molar-refractivity contribution < 1.29 is 0 Å². The molecule has 2 aliphatic rings. The van der Waals surface area contributed by atoms with Crippen LogP contribution in [0.4, 0.5) is 0 Å². The highest BCUT2D eigenvalue weighted by molar-refractivity contribution is 5.31. The first-order valence-electron chi connectivity index (χ1n) is 7.41. The zero-order chi connectivity index (χ0) is 12.8. The maximum atomic E-state index is 3.77. The Morgan fingerprint density at radius 2 is 1.94 bits per heavy atom. The lowest BCUT2D eigenvalue weighted by Crippen LogP contribution is -2.28. The molecule has 0 spiro atoms. The standard InChI is InChI=1S/C17H25N/c1-12-4-5-15(10-13(12)2)14(3)18-11-17(8-9-17)16-6-7-16/h4-5,10,14,16,18H,6-9,11H2,1-3H3. The summed E-state index contributed by atoms with van der Waals surface area (Å²) in [6.45, 7) is 7.92. The summed E-state index contributed by atoms with van der Waals surface area (Å²) in [4.78, 5) is 0. The van der Waals surface area contributed by atoms with Crippen LogP contribution in [0.1, 0.15) is 55.3 Å². The fourth-order valence-electron chi connectivity index (χ4n) is 3.09. The molecule has 18 heavy (non-hydrogen) atoms. The number of aryl methyl sites for hydroxylation is 2. The zero-order valence-electron chi connectivity index (χ0n) is 11.9. The molecule has 1 N–H and O–H groups in total. The van der Waals surface area contributed by atoms with Gasteiger partial charge in [0.2, 0.25) is 0 Å². The van der Waals surface area contributed by atoms with Gasteiger partial charge in [-0.15, -0.1) is 0 Å². The van der Waals surface area contributed by atoms with Gasteiger partial charge in [0.05, 0.1) is 0 Å². The van der Waals surface area contributed by atoms with Crippen molar-refractivity contribution in [3.63, 3.8) is 0 Å². The molecule has 0 radical (unpaired) electrons. The van der Waals surface area contributed by atoms with Gasteiger partial charge in [0.1, 0.15) is 0 Å². The minimum Gasteiger partial charge on any atom is -0.310 e. The van der Waals surface area contributed by atoms with E-state index in [0.29, 0.717) is 11.5 Å². The van der Waals surface area contributed by atoms with Crippen LogP contribution in [-0.4, -0.2) is 6.54 Å². The van der Waals surface area contributed by atoms with E-state index < -0.39 is 0 Å². The summed E-state index contributed by atoms with van der Waals surface area (Å²) in [5.41, 5.74) is 4.94. The van der Waals surface area contributed by atoms with Crippen molar-refractivity contribution in [1.82, 2.24) is 5.32 Å². The molecule has 0 aromatic heterocycles. The molecule has 2 aliphatic carbocycles. The second-order valence-corrected chi connectivity index (χ2v) is 6.58. The molecule has 2 saturated carbocycles. The van der Waals surface area contributed by atoms with Crippen molar-refractivity contribution in [2.75, 3.05) is 6.54 Å². The third-order valence-corrected chi connectivity index (χ3v) is 5.13. The van der Waals surface area contributed by atoms with Crippen LogP contribution in [0.2, 0.25) is 0 Å². The van der Waals surface area contributed by atoms with Gasteiger partial charge in [-0.2, -0.15) is 0 Å². The second-order valence-electron chi connectivity index (χ2n) is 6.58. The van der Waals surface area contributed by atoms with E-state index in [1.807, 2.05) is 0 Å². The first kappa shape index (κ1) is 12.2. The number of hydrogen-bond acceptors (Lipinski definition) is 1. The Morgan fingerprint density at radius 1 is 1.22 bits per heavy atom. The van der Waals surface area contributed by atoms with E-state index >= 15 is 0 Å². The van der Waals surface area contributed by atoms with Crippen LogP contribution in [0.3, 0.4) is 0 Å². The topological polar surface area (TPSA) is 12.0 Å². The van der Waals surface area contributed by atoms with Crippen molar-refractivity contribution in [2.45, 2.75) is 52.5 Å². The van der Waals surface area contributed by atoms with Crippen LogP contribution in [0.25, 0.3) is 0 Å². The van der Waals surface area contributed by atoms with Crippen molar-refractivity contribution in [1.29, 1.82) is 0 Å². The van der Waals surface area contributed by atoms with Gasteiger partial charge in [0.15, 0.2) is 0 Å². The normalized spacial score (nSPS) is 22.8. The van der Waals surface area contributed by atoms with E-state index in [1.54, 1.807) is 0 Å². The Kier molecular flexibility index (Phi) is 2.97. The summed E-state index contributed by atoms with van der Waals surface area (Å²) in [6, 6.07) is 7.34. The average Bonchev–Trinajstić information content (AvgIpc) is 3.22. The van der Waals surface area contributed by atoms with Gasteiger partial charge in [-0.3, -0.25) is 0 Å². The third kappa shape index (κ3) is 2.33. The largest absolute Gasteiger partial charge is 0.310 e. The van der Waals surface area contributed by atoms with E-state index in [0.717, 1.165) is 5.92 Å². The predicted octanol–water partition coefficient (Wildman–Crippen LogP) is 4.14. The van der Waals surface area contributed by atoms with Gasteiger partial charge in [-0.1, -0.05) is 18.2 Å². The molecule has 0 saturated heterocycles. The molecule has 3 rings (SSSR count). The van der Waals surface area contributed by atoms with E-state index in [-0.39, 0.29) is 0 Å². The SMILES string of the molecule is Cc1ccc(C(C)NCC2(C3CC3)CC2)cc1C. The number of hydrogen-bond donors (Lipinski definition) is 1. The van der Waals surface area contributed by atoms with Gasteiger partial charge in [0, 0.05) is 12.6 Å². The molecular weight excluding hydrogens is 218 g/mol. The second kappa shape index (κ2) is 4.38. The van der Waals surface area contributed by atoms with Crippen LogP contribution in [0.5, 0.6) is 0 Å². The molecule has 1 unspecified atom stereocenters. The summed E-state index contributed by atoms with van der Waals surface area (Å²) >= 11 is 0. The Bertz CT molecular complexity index is 441. The maximum Gasteiger partial charge on any atom is 0.0292 e. The van der Waals surface area contributed by atoms with E-state index in [9.17, 15) is 0 Å². The van der Waals surface area contributed by atoms with Crippen LogP contribution >= 0.6 is 0 Å². The van der Waals surface area contributed by atoms with Crippen LogP contribution < -0.4 is 5.32 Å². The Hall–Kier alpha value is -0.820. The lowest BCUT2D eigenvalue weighted by molar-refractivity contribution is 0.382. The van der Waals surface area contributed by atoms with Gasteiger partial charge >= 0.3 is 0 Å². The fraction of sp³-hybridized carbons (Fsp3) is 0.647. The summed E-state index contributed by atoms with van der Waals surface area (Å²) in [6.07, 6.45) is 5.90. The lowest BCUT2D eigenvalue weighted by atomic mass is 9.98. The molecule has 1 aromatic rings. The monoisotopic (exact) mass is 243 g/mol. The summed E-state index contributed by atoms with van der Waals surface area (Å²) in [7, 11) is 0. The average molecular weight is 243 g/mol. The highest BCUT2D eigenvalue weighted by atomic mass is 14.9. The number of benzene rings is 1. The summed E-state index contributed by atoms with van der Waals surface area (Å²) in [5.74, 6) is 1.05. The highest BCUT2D eigenvalue weighted by Crippen LogP contribution is 2.60. The first-order valence-corrected chi connectivity index (χ1v) is 7.41. The molecule has 2 fully saturated rings. The summed E-state index contributed by atoms with van der Waals surface area (Å²) < 4.78 is 0. The molecular formula is C17H25N. The zero-order valence-corrected chi connectivity index (χ0v) is 11.9. The number of rotatable bonds is 5. The minimum absolute atomic E-state index is 0.487. The van der Waals surface area contributed by atoms with Gasteiger partial charge in [0.25, 0.3) is 0 Å². The van der Waals surface area contributed by atoms with E-state index in [2.05, 4.69) is 44.3 Å². The van der Waals surface area contributed by atoms with Crippen LogP contribution in [0, 0.1) is 25.2 Å². The smallest absolute Gasteiger partial charge is 0.0292 e. The summed E-state index contributed by atoms with van der Waals surface area (Å²) in [5, 5.41) is 3.77. The molecule has 0 amide bonds. The molecule has 1 aromatic carbocycles. The Balaban J connectivity index is 1.60. The van der Waals surface area contributed by atoms with Crippen molar-refractivity contribution in [3.05, 3.63) is 34.9 Å². The van der Waals surface area contributed by atoms with E-state index in [1.165, 1.54) is 48.9 Å². The van der Waals surface area contributed by atoms with Crippen molar-refractivity contribution >= 4 is 0 Å².